The Hall–Kier alpha value is -1.07. The van der Waals surface area contributed by atoms with E-state index >= 15 is 0 Å². The van der Waals surface area contributed by atoms with Crippen LogP contribution in [0.1, 0.15) is 44.8 Å². The summed E-state index contributed by atoms with van der Waals surface area (Å²) in [5.74, 6) is 0.946. The van der Waals surface area contributed by atoms with Crippen LogP contribution in [0, 0.1) is 6.92 Å². The number of anilines is 1. The van der Waals surface area contributed by atoms with Crippen LogP contribution in [-0.2, 0) is 9.47 Å². The molecule has 0 radical (unpaired) electrons. The molecule has 0 saturated carbocycles. The summed E-state index contributed by atoms with van der Waals surface area (Å²) in [5.41, 5.74) is 1.04. The molecule has 1 aromatic rings. The lowest BCUT2D eigenvalue weighted by molar-refractivity contribution is 0.0738. The Morgan fingerprint density at radius 3 is 3.15 bits per heavy atom. The van der Waals surface area contributed by atoms with E-state index in [0.717, 1.165) is 50.8 Å². The monoisotopic (exact) mass is 281 g/mol. The van der Waals surface area contributed by atoms with Crippen LogP contribution in [0.5, 0.6) is 0 Å². The number of aryl methyl sites for hydroxylation is 1. The largest absolute Gasteiger partial charge is 0.382 e. The molecule has 2 heterocycles. The summed E-state index contributed by atoms with van der Waals surface area (Å²) in [5, 5.41) is 3.41. The van der Waals surface area contributed by atoms with Crippen LogP contribution in [0.2, 0.25) is 0 Å². The third-order valence-electron chi connectivity index (χ3n) is 3.75. The van der Waals surface area contributed by atoms with Crippen molar-refractivity contribution in [2.24, 2.45) is 0 Å². The molecule has 0 aromatic carbocycles. The van der Waals surface area contributed by atoms with E-state index in [1.165, 1.54) is 6.42 Å². The quantitative estimate of drug-likeness (QED) is 0.744. The van der Waals surface area contributed by atoms with E-state index in [4.69, 9.17) is 9.47 Å². The van der Waals surface area contributed by atoms with Crippen LogP contribution < -0.4 is 5.32 Å². The molecule has 5 heteroatoms. The summed E-state index contributed by atoms with van der Waals surface area (Å²) in [6.45, 7) is 9.61. The predicted octanol–water partition coefficient (Wildman–Crippen LogP) is 2.77. The molecule has 1 fully saturated rings. The fourth-order valence-electron chi connectivity index (χ4n) is 2.64. The molecule has 20 heavy (non-hydrogen) atoms. The van der Waals surface area contributed by atoms with Crippen molar-refractivity contribution < 1.29 is 9.47 Å². The number of hydrogen-bond acceptors (Lipinski definition) is 4. The van der Waals surface area contributed by atoms with Gasteiger partial charge < -0.3 is 19.4 Å². The Bertz CT molecular complexity index is 400. The smallest absolute Gasteiger partial charge is 0.203 e. The number of aromatic nitrogens is 2. The third-order valence-corrected chi connectivity index (χ3v) is 3.75. The summed E-state index contributed by atoms with van der Waals surface area (Å²) in [6.07, 6.45) is 5.72. The lowest BCUT2D eigenvalue weighted by atomic mass is 10.1. The second-order valence-corrected chi connectivity index (χ2v) is 5.38. The van der Waals surface area contributed by atoms with Gasteiger partial charge in [0.2, 0.25) is 5.95 Å². The van der Waals surface area contributed by atoms with E-state index < -0.39 is 0 Å². The van der Waals surface area contributed by atoms with Crippen molar-refractivity contribution in [1.82, 2.24) is 9.55 Å². The SMILES string of the molecule is CCOCCCNc1nc(C)cn1C(C)C1CCCO1. The molecule has 2 atom stereocenters. The molecule has 1 aliphatic heterocycles. The van der Waals surface area contributed by atoms with Crippen LogP contribution >= 0.6 is 0 Å². The van der Waals surface area contributed by atoms with Gasteiger partial charge in [0.05, 0.1) is 17.8 Å². The first-order valence-electron chi connectivity index (χ1n) is 7.71. The first-order chi connectivity index (χ1) is 9.72. The molecule has 5 nitrogen and oxygen atoms in total. The highest BCUT2D eigenvalue weighted by Gasteiger charge is 2.25. The van der Waals surface area contributed by atoms with Gasteiger partial charge in [0.1, 0.15) is 0 Å². The fraction of sp³-hybridized carbons (Fsp3) is 0.800. The van der Waals surface area contributed by atoms with Gasteiger partial charge in [-0.3, -0.25) is 0 Å². The molecule has 0 amide bonds. The first-order valence-corrected chi connectivity index (χ1v) is 7.71. The van der Waals surface area contributed by atoms with Gasteiger partial charge in [-0.1, -0.05) is 0 Å². The predicted molar refractivity (Wildman–Crippen MR) is 80.2 cm³/mol. The van der Waals surface area contributed by atoms with E-state index in [9.17, 15) is 0 Å². The van der Waals surface area contributed by atoms with Gasteiger partial charge in [-0.2, -0.15) is 0 Å². The average Bonchev–Trinajstić information content (AvgIpc) is 3.07. The highest BCUT2D eigenvalue weighted by molar-refractivity contribution is 5.29. The maximum atomic E-state index is 5.79. The van der Waals surface area contributed by atoms with E-state index in [1.54, 1.807) is 0 Å². The summed E-state index contributed by atoms with van der Waals surface area (Å²) in [6, 6.07) is 0.327. The van der Waals surface area contributed by atoms with Gasteiger partial charge in [0.15, 0.2) is 0 Å². The van der Waals surface area contributed by atoms with Gasteiger partial charge in [0.25, 0.3) is 0 Å². The van der Waals surface area contributed by atoms with Crippen LogP contribution in [-0.4, -0.2) is 42.0 Å². The van der Waals surface area contributed by atoms with Crippen LogP contribution in [0.25, 0.3) is 0 Å². The van der Waals surface area contributed by atoms with Crippen molar-refractivity contribution >= 4 is 5.95 Å². The summed E-state index contributed by atoms with van der Waals surface area (Å²) in [7, 11) is 0. The average molecular weight is 281 g/mol. The minimum atomic E-state index is 0.313. The maximum absolute atomic E-state index is 5.79. The molecule has 2 unspecified atom stereocenters. The molecule has 2 rings (SSSR count). The van der Waals surface area contributed by atoms with Crippen LogP contribution in [0.15, 0.2) is 6.20 Å². The van der Waals surface area contributed by atoms with Crippen LogP contribution in [0.4, 0.5) is 5.95 Å². The summed E-state index contributed by atoms with van der Waals surface area (Å²) >= 11 is 0. The molecule has 0 bridgehead atoms. The highest BCUT2D eigenvalue weighted by atomic mass is 16.5. The topological polar surface area (TPSA) is 48.3 Å². The molecule has 1 aromatic heterocycles. The number of hydrogen-bond donors (Lipinski definition) is 1. The van der Waals surface area contributed by atoms with Crippen molar-refractivity contribution in [1.29, 1.82) is 0 Å². The van der Waals surface area contributed by atoms with E-state index in [0.29, 0.717) is 12.1 Å². The number of ether oxygens (including phenoxy) is 2. The zero-order valence-corrected chi connectivity index (χ0v) is 12.9. The highest BCUT2D eigenvalue weighted by Crippen LogP contribution is 2.27. The van der Waals surface area contributed by atoms with E-state index in [-0.39, 0.29) is 0 Å². The van der Waals surface area contributed by atoms with E-state index in [1.807, 2.05) is 13.8 Å². The first kappa shape index (κ1) is 15.3. The molecule has 1 saturated heterocycles. The zero-order chi connectivity index (χ0) is 14.4. The third kappa shape index (κ3) is 3.96. The lowest BCUT2D eigenvalue weighted by Gasteiger charge is -2.22. The van der Waals surface area contributed by atoms with Crippen LogP contribution in [0.3, 0.4) is 0 Å². The Morgan fingerprint density at radius 1 is 1.60 bits per heavy atom. The second-order valence-electron chi connectivity index (χ2n) is 5.38. The van der Waals surface area contributed by atoms with Gasteiger partial charge in [0, 0.05) is 32.6 Å². The molecule has 0 aliphatic carbocycles. The Labute approximate surface area is 121 Å². The van der Waals surface area contributed by atoms with Crippen molar-refractivity contribution in [3.05, 3.63) is 11.9 Å². The van der Waals surface area contributed by atoms with Gasteiger partial charge in [-0.25, -0.2) is 4.98 Å². The minimum Gasteiger partial charge on any atom is -0.382 e. The number of nitrogens with one attached hydrogen (secondary N) is 1. The van der Waals surface area contributed by atoms with Gasteiger partial charge in [-0.05, 0) is 40.0 Å². The normalized spacial score (nSPS) is 20.2. The van der Waals surface area contributed by atoms with Gasteiger partial charge >= 0.3 is 0 Å². The molecule has 114 valence electrons. The summed E-state index contributed by atoms with van der Waals surface area (Å²) in [4.78, 5) is 4.58. The molecular weight excluding hydrogens is 254 g/mol. The number of rotatable bonds is 8. The Kier molecular flexibility index (Phi) is 5.86. The summed E-state index contributed by atoms with van der Waals surface area (Å²) < 4.78 is 13.4. The van der Waals surface area contributed by atoms with Gasteiger partial charge in [-0.15, -0.1) is 0 Å². The number of nitrogens with zero attached hydrogens (tertiary/aromatic N) is 2. The Morgan fingerprint density at radius 2 is 2.45 bits per heavy atom. The second kappa shape index (κ2) is 7.64. The van der Waals surface area contributed by atoms with Crippen molar-refractivity contribution in [3.8, 4) is 0 Å². The van der Waals surface area contributed by atoms with Crippen molar-refractivity contribution in [2.75, 3.05) is 31.7 Å². The standard InChI is InChI=1S/C15H27N3O2/c1-4-19-9-6-8-16-15-17-12(2)11-18(15)13(3)14-7-5-10-20-14/h11,13-14H,4-10H2,1-3H3,(H,16,17). The van der Waals surface area contributed by atoms with Crippen molar-refractivity contribution in [3.63, 3.8) is 0 Å². The molecule has 1 aliphatic rings. The van der Waals surface area contributed by atoms with E-state index in [2.05, 4.69) is 28.0 Å². The fourth-order valence-corrected chi connectivity index (χ4v) is 2.64. The Balaban J connectivity index is 1.91. The van der Waals surface area contributed by atoms with Crippen molar-refractivity contribution in [2.45, 2.75) is 52.2 Å². The molecule has 0 spiro atoms. The minimum absolute atomic E-state index is 0.313. The zero-order valence-electron chi connectivity index (χ0n) is 12.9. The molecular formula is C15H27N3O2. The number of imidazole rings is 1. The molecule has 1 N–H and O–H groups in total. The maximum Gasteiger partial charge on any atom is 0.203 e. The lowest BCUT2D eigenvalue weighted by Crippen LogP contribution is -2.22.